The molecular weight excluding hydrogens is 232 g/mol. The van der Waals surface area contributed by atoms with Gasteiger partial charge in [-0.25, -0.2) is 4.98 Å². The van der Waals surface area contributed by atoms with E-state index in [1.165, 1.54) is 10.4 Å². The molecule has 0 atom stereocenters. The molecule has 0 saturated heterocycles. The first-order valence-corrected chi connectivity index (χ1v) is 6.48. The highest BCUT2D eigenvalue weighted by molar-refractivity contribution is 7.09. The first-order valence-electron chi connectivity index (χ1n) is 5.60. The topological polar surface area (TPSA) is 34.1 Å². The van der Waals surface area contributed by atoms with Gasteiger partial charge in [-0.15, -0.1) is 11.3 Å². The number of thiophene rings is 1. The van der Waals surface area contributed by atoms with E-state index in [-0.39, 0.29) is 0 Å². The van der Waals surface area contributed by atoms with Crippen LogP contribution in [0.5, 0.6) is 5.88 Å². The van der Waals surface area contributed by atoms with Crippen molar-refractivity contribution in [1.29, 1.82) is 0 Å². The summed E-state index contributed by atoms with van der Waals surface area (Å²) in [6.45, 7) is 1.84. The number of hydrogen-bond donors (Lipinski definition) is 1. The van der Waals surface area contributed by atoms with Crippen LogP contribution in [0.4, 0.5) is 0 Å². The van der Waals surface area contributed by atoms with Crippen LogP contribution in [-0.2, 0) is 13.0 Å². The zero-order valence-electron chi connectivity index (χ0n) is 9.85. The number of rotatable bonds is 6. The zero-order chi connectivity index (χ0) is 11.9. The van der Waals surface area contributed by atoms with Gasteiger partial charge in [0.15, 0.2) is 0 Å². The molecule has 0 aliphatic rings. The minimum Gasteiger partial charge on any atom is -0.481 e. The van der Waals surface area contributed by atoms with E-state index in [0.29, 0.717) is 5.88 Å². The molecule has 0 aromatic carbocycles. The maximum atomic E-state index is 5.01. The Bertz CT molecular complexity index is 425. The van der Waals surface area contributed by atoms with Crippen molar-refractivity contribution in [3.63, 3.8) is 0 Å². The molecule has 4 heteroatoms. The van der Waals surface area contributed by atoms with Gasteiger partial charge in [-0.1, -0.05) is 12.1 Å². The minimum atomic E-state index is 0.660. The summed E-state index contributed by atoms with van der Waals surface area (Å²) in [5.74, 6) is 0.660. The third kappa shape index (κ3) is 3.84. The Balaban J connectivity index is 1.70. The fourth-order valence-electron chi connectivity index (χ4n) is 1.54. The molecule has 3 nitrogen and oxygen atoms in total. The quantitative estimate of drug-likeness (QED) is 0.797. The minimum absolute atomic E-state index is 0.660. The van der Waals surface area contributed by atoms with Crippen molar-refractivity contribution in [2.45, 2.75) is 13.0 Å². The van der Waals surface area contributed by atoms with Crippen LogP contribution in [0.15, 0.2) is 35.8 Å². The molecule has 0 aliphatic carbocycles. The van der Waals surface area contributed by atoms with Crippen LogP contribution < -0.4 is 10.1 Å². The number of nitrogens with zero attached hydrogens (tertiary/aromatic N) is 1. The summed E-state index contributed by atoms with van der Waals surface area (Å²) >= 11 is 1.81. The second-order valence-electron chi connectivity index (χ2n) is 3.71. The summed E-state index contributed by atoms with van der Waals surface area (Å²) in [5.41, 5.74) is 1.18. The molecular formula is C13H16N2OS. The lowest BCUT2D eigenvalue weighted by atomic mass is 10.2. The molecule has 0 bridgehead atoms. The third-order valence-electron chi connectivity index (χ3n) is 2.46. The fourth-order valence-corrected chi connectivity index (χ4v) is 2.24. The van der Waals surface area contributed by atoms with Gasteiger partial charge in [0, 0.05) is 30.2 Å². The summed E-state index contributed by atoms with van der Waals surface area (Å²) in [6, 6.07) is 8.18. The smallest absolute Gasteiger partial charge is 0.212 e. The normalized spacial score (nSPS) is 10.4. The number of hydrogen-bond acceptors (Lipinski definition) is 4. The van der Waals surface area contributed by atoms with E-state index >= 15 is 0 Å². The van der Waals surface area contributed by atoms with Gasteiger partial charge in [-0.2, -0.15) is 0 Å². The lowest BCUT2D eigenvalue weighted by Crippen LogP contribution is -2.16. The predicted octanol–water partition coefficient (Wildman–Crippen LogP) is 2.48. The van der Waals surface area contributed by atoms with Crippen molar-refractivity contribution in [3.8, 4) is 5.88 Å². The monoisotopic (exact) mass is 248 g/mol. The van der Waals surface area contributed by atoms with Crippen molar-refractivity contribution < 1.29 is 4.74 Å². The molecule has 2 rings (SSSR count). The lowest BCUT2D eigenvalue weighted by Gasteiger charge is -2.04. The Hall–Kier alpha value is -1.39. The Morgan fingerprint density at radius 1 is 1.35 bits per heavy atom. The largest absolute Gasteiger partial charge is 0.481 e. The molecule has 0 aliphatic heterocycles. The van der Waals surface area contributed by atoms with Crippen LogP contribution in [-0.4, -0.2) is 18.6 Å². The summed E-state index contributed by atoms with van der Waals surface area (Å²) < 4.78 is 5.01. The molecule has 2 aromatic rings. The molecule has 0 saturated carbocycles. The highest BCUT2D eigenvalue weighted by Crippen LogP contribution is 2.09. The van der Waals surface area contributed by atoms with E-state index < -0.39 is 0 Å². The van der Waals surface area contributed by atoms with Crippen molar-refractivity contribution in [2.75, 3.05) is 13.7 Å². The Labute approximate surface area is 105 Å². The van der Waals surface area contributed by atoms with Gasteiger partial charge in [0.05, 0.1) is 7.11 Å². The highest BCUT2D eigenvalue weighted by Gasteiger charge is 1.96. The zero-order valence-corrected chi connectivity index (χ0v) is 10.7. The molecule has 2 aromatic heterocycles. The Morgan fingerprint density at radius 3 is 2.94 bits per heavy atom. The molecule has 2 heterocycles. The van der Waals surface area contributed by atoms with Crippen molar-refractivity contribution in [1.82, 2.24) is 10.3 Å². The molecule has 0 fully saturated rings. The van der Waals surface area contributed by atoms with Crippen LogP contribution in [0.3, 0.4) is 0 Å². The molecule has 17 heavy (non-hydrogen) atoms. The number of pyridine rings is 1. The van der Waals surface area contributed by atoms with Crippen molar-refractivity contribution in [2.24, 2.45) is 0 Å². The van der Waals surface area contributed by atoms with Crippen LogP contribution in [0.25, 0.3) is 0 Å². The van der Waals surface area contributed by atoms with E-state index in [1.807, 2.05) is 18.3 Å². The molecule has 0 radical (unpaired) electrons. The standard InChI is InChI=1S/C13H16N2OS/c1-16-13-5-4-11(10-15-13)9-14-7-6-12-3-2-8-17-12/h2-5,8,10,14H,6-7,9H2,1H3. The summed E-state index contributed by atoms with van der Waals surface area (Å²) in [6.07, 6.45) is 2.93. The van der Waals surface area contributed by atoms with Crippen LogP contribution >= 0.6 is 11.3 Å². The van der Waals surface area contributed by atoms with Gasteiger partial charge in [0.25, 0.3) is 0 Å². The summed E-state index contributed by atoms with van der Waals surface area (Å²) in [4.78, 5) is 5.59. The summed E-state index contributed by atoms with van der Waals surface area (Å²) in [5, 5.41) is 5.52. The van der Waals surface area contributed by atoms with E-state index in [0.717, 1.165) is 19.5 Å². The SMILES string of the molecule is COc1ccc(CNCCc2cccs2)cn1. The van der Waals surface area contributed by atoms with Crippen LogP contribution in [0.1, 0.15) is 10.4 Å². The van der Waals surface area contributed by atoms with Gasteiger partial charge < -0.3 is 10.1 Å². The lowest BCUT2D eigenvalue weighted by molar-refractivity contribution is 0.397. The van der Waals surface area contributed by atoms with Gasteiger partial charge in [-0.3, -0.25) is 0 Å². The van der Waals surface area contributed by atoms with Crippen LogP contribution in [0, 0.1) is 0 Å². The number of ether oxygens (including phenoxy) is 1. The predicted molar refractivity (Wildman–Crippen MR) is 70.5 cm³/mol. The van der Waals surface area contributed by atoms with Gasteiger partial charge >= 0.3 is 0 Å². The first kappa shape index (κ1) is 12.1. The molecule has 90 valence electrons. The van der Waals surface area contributed by atoms with Crippen molar-refractivity contribution >= 4 is 11.3 Å². The average Bonchev–Trinajstić information content (AvgIpc) is 2.88. The Kier molecular flexibility index (Phi) is 4.53. The molecule has 1 N–H and O–H groups in total. The molecule has 0 amide bonds. The number of nitrogens with one attached hydrogen (secondary N) is 1. The average molecular weight is 248 g/mol. The maximum absolute atomic E-state index is 5.01. The van der Waals surface area contributed by atoms with Crippen molar-refractivity contribution in [3.05, 3.63) is 46.3 Å². The van der Waals surface area contributed by atoms with Gasteiger partial charge in [-0.05, 0) is 23.4 Å². The first-order chi connectivity index (χ1) is 8.38. The third-order valence-corrected chi connectivity index (χ3v) is 3.40. The van der Waals surface area contributed by atoms with E-state index in [4.69, 9.17) is 4.74 Å². The van der Waals surface area contributed by atoms with E-state index in [9.17, 15) is 0 Å². The maximum Gasteiger partial charge on any atom is 0.212 e. The van der Waals surface area contributed by atoms with Gasteiger partial charge in [0.1, 0.15) is 0 Å². The second kappa shape index (κ2) is 6.37. The van der Waals surface area contributed by atoms with E-state index in [2.05, 4.69) is 27.8 Å². The Morgan fingerprint density at radius 2 is 2.29 bits per heavy atom. The summed E-state index contributed by atoms with van der Waals surface area (Å²) in [7, 11) is 1.63. The number of aromatic nitrogens is 1. The van der Waals surface area contributed by atoms with Gasteiger partial charge in [0.2, 0.25) is 5.88 Å². The molecule has 0 unspecified atom stereocenters. The van der Waals surface area contributed by atoms with Crippen LogP contribution in [0.2, 0.25) is 0 Å². The van der Waals surface area contributed by atoms with E-state index in [1.54, 1.807) is 18.4 Å². The fraction of sp³-hybridized carbons (Fsp3) is 0.308. The second-order valence-corrected chi connectivity index (χ2v) is 4.75. The number of methoxy groups -OCH3 is 1. The molecule has 0 spiro atoms. The highest BCUT2D eigenvalue weighted by atomic mass is 32.1.